The van der Waals surface area contributed by atoms with E-state index in [1.54, 1.807) is 25.3 Å². The average Bonchev–Trinajstić information content (AvgIpc) is 2.63. The lowest BCUT2D eigenvalue weighted by Gasteiger charge is -2.16. The van der Waals surface area contributed by atoms with E-state index in [4.69, 9.17) is 21.1 Å². The maximum atomic E-state index is 13.7. The molecule has 0 radical (unpaired) electrons. The molecule has 3 heterocycles. The number of aromatic nitrogens is 3. The van der Waals surface area contributed by atoms with Crippen molar-refractivity contribution in [1.29, 1.82) is 0 Å². The fourth-order valence-electron chi connectivity index (χ4n) is 2.64. The molecule has 0 aliphatic rings. The summed E-state index contributed by atoms with van der Waals surface area (Å²) in [6.07, 6.45) is 2.46. The van der Waals surface area contributed by atoms with E-state index in [9.17, 15) is 13.6 Å². The Morgan fingerprint density at radius 3 is 2.61 bits per heavy atom. The lowest BCUT2D eigenvalue weighted by Crippen LogP contribution is -2.23. The van der Waals surface area contributed by atoms with Gasteiger partial charge in [-0.3, -0.25) is 14.3 Å². The standard InChI is InChI=1S/C19H16ClF2N3O3/c1-11-7-24-18(20)6-17(11)25-13(9-27-2)4-14(5-19(25)26)28-10-16-15(22)3-12(21)8-23-16/h3-8H,9-10H2,1-2H3. The van der Waals surface area contributed by atoms with Crippen molar-refractivity contribution in [3.63, 3.8) is 0 Å². The fraction of sp³-hybridized carbons (Fsp3) is 0.211. The molecule has 0 unspecified atom stereocenters. The predicted molar refractivity (Wildman–Crippen MR) is 98.8 cm³/mol. The first kappa shape index (κ1) is 19.9. The molecule has 0 N–H and O–H groups in total. The van der Waals surface area contributed by atoms with E-state index in [2.05, 4.69) is 9.97 Å². The minimum absolute atomic E-state index is 0.0735. The third-order valence-electron chi connectivity index (χ3n) is 3.92. The minimum Gasteiger partial charge on any atom is -0.487 e. The van der Waals surface area contributed by atoms with Gasteiger partial charge in [0.15, 0.2) is 5.82 Å². The predicted octanol–water partition coefficient (Wildman–Crippen LogP) is 3.59. The van der Waals surface area contributed by atoms with Crippen molar-refractivity contribution in [1.82, 2.24) is 14.5 Å². The summed E-state index contributed by atoms with van der Waals surface area (Å²) in [6, 6.07) is 5.15. The number of halogens is 3. The highest BCUT2D eigenvalue weighted by atomic mass is 35.5. The molecule has 0 aromatic carbocycles. The van der Waals surface area contributed by atoms with Gasteiger partial charge in [0, 0.05) is 31.5 Å². The van der Waals surface area contributed by atoms with Crippen LogP contribution in [0.4, 0.5) is 8.78 Å². The highest BCUT2D eigenvalue weighted by Crippen LogP contribution is 2.21. The molecule has 0 amide bonds. The number of ether oxygens (including phenoxy) is 2. The van der Waals surface area contributed by atoms with E-state index in [-0.39, 0.29) is 35.4 Å². The van der Waals surface area contributed by atoms with Gasteiger partial charge in [0.25, 0.3) is 5.56 Å². The minimum atomic E-state index is -0.826. The van der Waals surface area contributed by atoms with E-state index in [0.717, 1.165) is 17.8 Å². The Morgan fingerprint density at radius 2 is 1.89 bits per heavy atom. The molecule has 0 saturated heterocycles. The molecule has 0 atom stereocenters. The van der Waals surface area contributed by atoms with Gasteiger partial charge in [-0.25, -0.2) is 13.8 Å². The van der Waals surface area contributed by atoms with E-state index in [0.29, 0.717) is 11.4 Å². The average molecular weight is 408 g/mol. The molecular formula is C19H16ClF2N3O3. The van der Waals surface area contributed by atoms with Crippen LogP contribution in [-0.4, -0.2) is 21.6 Å². The quantitative estimate of drug-likeness (QED) is 0.584. The number of methoxy groups -OCH3 is 1. The van der Waals surface area contributed by atoms with Gasteiger partial charge in [0.2, 0.25) is 0 Å². The molecule has 0 aliphatic heterocycles. The van der Waals surface area contributed by atoms with Crippen molar-refractivity contribution in [2.45, 2.75) is 20.1 Å². The summed E-state index contributed by atoms with van der Waals surface area (Å²) in [6.45, 7) is 1.66. The van der Waals surface area contributed by atoms with Crippen molar-refractivity contribution >= 4 is 11.6 Å². The largest absolute Gasteiger partial charge is 0.487 e. The van der Waals surface area contributed by atoms with Gasteiger partial charge in [0.1, 0.15) is 29.0 Å². The van der Waals surface area contributed by atoms with Crippen LogP contribution in [-0.2, 0) is 18.0 Å². The molecule has 0 bridgehead atoms. The van der Waals surface area contributed by atoms with E-state index in [1.165, 1.54) is 17.7 Å². The molecular weight excluding hydrogens is 392 g/mol. The van der Waals surface area contributed by atoms with Crippen molar-refractivity contribution in [2.75, 3.05) is 7.11 Å². The van der Waals surface area contributed by atoms with Crippen molar-refractivity contribution in [3.05, 3.63) is 80.8 Å². The zero-order valence-electron chi connectivity index (χ0n) is 15.1. The molecule has 28 heavy (non-hydrogen) atoms. The lowest BCUT2D eigenvalue weighted by atomic mass is 10.2. The van der Waals surface area contributed by atoms with E-state index in [1.807, 2.05) is 0 Å². The van der Waals surface area contributed by atoms with Crippen LogP contribution in [0.3, 0.4) is 0 Å². The van der Waals surface area contributed by atoms with Gasteiger partial charge in [-0.05, 0) is 18.6 Å². The summed E-state index contributed by atoms with van der Waals surface area (Å²) in [5.74, 6) is -1.40. The summed E-state index contributed by atoms with van der Waals surface area (Å²) >= 11 is 5.97. The molecule has 3 aromatic rings. The van der Waals surface area contributed by atoms with Gasteiger partial charge in [-0.15, -0.1) is 0 Å². The van der Waals surface area contributed by atoms with Crippen LogP contribution in [0.5, 0.6) is 5.75 Å². The third-order valence-corrected chi connectivity index (χ3v) is 4.12. The smallest absolute Gasteiger partial charge is 0.259 e. The second-order valence-electron chi connectivity index (χ2n) is 5.95. The van der Waals surface area contributed by atoms with Crippen LogP contribution in [0.2, 0.25) is 5.15 Å². The normalized spacial score (nSPS) is 10.9. The Labute approximate surface area is 164 Å². The van der Waals surface area contributed by atoms with Crippen LogP contribution < -0.4 is 10.3 Å². The third kappa shape index (κ3) is 4.35. The van der Waals surface area contributed by atoms with Crippen molar-refractivity contribution in [2.24, 2.45) is 0 Å². The molecule has 0 spiro atoms. The van der Waals surface area contributed by atoms with Crippen molar-refractivity contribution in [3.8, 4) is 11.4 Å². The zero-order chi connectivity index (χ0) is 20.3. The second kappa shape index (κ2) is 8.45. The Morgan fingerprint density at radius 1 is 1.11 bits per heavy atom. The van der Waals surface area contributed by atoms with Crippen LogP contribution in [0.25, 0.3) is 5.69 Å². The first-order chi connectivity index (χ1) is 13.4. The monoisotopic (exact) mass is 407 g/mol. The van der Waals surface area contributed by atoms with Gasteiger partial charge in [-0.1, -0.05) is 11.6 Å². The molecule has 0 fully saturated rings. The van der Waals surface area contributed by atoms with Crippen LogP contribution in [0, 0.1) is 18.6 Å². The highest BCUT2D eigenvalue weighted by molar-refractivity contribution is 6.29. The first-order valence-electron chi connectivity index (χ1n) is 8.19. The first-order valence-corrected chi connectivity index (χ1v) is 8.57. The van der Waals surface area contributed by atoms with E-state index >= 15 is 0 Å². The number of hydrogen-bond donors (Lipinski definition) is 0. The number of aryl methyl sites for hydroxylation is 1. The molecule has 9 heteroatoms. The number of rotatable bonds is 6. The molecule has 3 rings (SSSR count). The summed E-state index contributed by atoms with van der Waals surface area (Å²) in [4.78, 5) is 20.4. The fourth-order valence-corrected chi connectivity index (χ4v) is 2.79. The van der Waals surface area contributed by atoms with Gasteiger partial charge < -0.3 is 9.47 Å². The Bertz CT molecular complexity index is 1070. The molecule has 0 saturated carbocycles. The van der Waals surface area contributed by atoms with Crippen molar-refractivity contribution < 1.29 is 18.3 Å². The number of nitrogens with zero attached hydrogens (tertiary/aromatic N) is 3. The molecule has 3 aromatic heterocycles. The summed E-state index contributed by atoms with van der Waals surface area (Å²) in [5.41, 5.74) is 1.35. The van der Waals surface area contributed by atoms with Gasteiger partial charge >= 0.3 is 0 Å². The Balaban J connectivity index is 1.97. The van der Waals surface area contributed by atoms with Gasteiger partial charge in [0.05, 0.1) is 24.2 Å². The summed E-state index contributed by atoms with van der Waals surface area (Å²) in [5, 5.41) is 0.244. The van der Waals surface area contributed by atoms with Crippen LogP contribution >= 0.6 is 11.6 Å². The lowest BCUT2D eigenvalue weighted by molar-refractivity contribution is 0.178. The maximum Gasteiger partial charge on any atom is 0.259 e. The van der Waals surface area contributed by atoms with Crippen LogP contribution in [0.1, 0.15) is 17.0 Å². The topological polar surface area (TPSA) is 66.2 Å². The summed E-state index contributed by atoms with van der Waals surface area (Å²) < 4.78 is 38.8. The SMILES string of the molecule is COCc1cc(OCc2ncc(F)cc2F)cc(=O)n1-c1cc(Cl)ncc1C. The molecule has 6 nitrogen and oxygen atoms in total. The van der Waals surface area contributed by atoms with E-state index < -0.39 is 11.6 Å². The summed E-state index contributed by atoms with van der Waals surface area (Å²) in [7, 11) is 1.49. The number of pyridine rings is 3. The second-order valence-corrected chi connectivity index (χ2v) is 6.34. The number of hydrogen-bond acceptors (Lipinski definition) is 5. The highest BCUT2D eigenvalue weighted by Gasteiger charge is 2.14. The molecule has 146 valence electrons. The van der Waals surface area contributed by atoms with Crippen LogP contribution in [0.15, 0.2) is 41.5 Å². The maximum absolute atomic E-state index is 13.7. The Kier molecular flexibility index (Phi) is 6.01. The Hall–Kier alpha value is -2.84. The molecule has 0 aliphatic carbocycles. The van der Waals surface area contributed by atoms with Gasteiger partial charge in [-0.2, -0.15) is 0 Å². The zero-order valence-corrected chi connectivity index (χ0v) is 15.8.